The molecular formula is C21H23FN2O3. The highest BCUT2D eigenvalue weighted by Crippen LogP contribution is 2.33. The molecule has 6 heteroatoms. The van der Waals surface area contributed by atoms with Gasteiger partial charge < -0.3 is 19.3 Å². The smallest absolute Gasteiger partial charge is 0.160 e. The van der Waals surface area contributed by atoms with Crippen LogP contribution in [-0.2, 0) is 0 Å². The van der Waals surface area contributed by atoms with E-state index in [9.17, 15) is 9.50 Å². The zero-order valence-corrected chi connectivity index (χ0v) is 15.1. The van der Waals surface area contributed by atoms with Crippen molar-refractivity contribution in [3.05, 3.63) is 54.0 Å². The number of benzene rings is 2. The lowest BCUT2D eigenvalue weighted by Gasteiger charge is -2.30. The Bertz CT molecular complexity index is 903. The molecular weight excluding hydrogens is 347 g/mol. The van der Waals surface area contributed by atoms with Gasteiger partial charge in [-0.3, -0.25) is 0 Å². The van der Waals surface area contributed by atoms with Crippen LogP contribution in [0.3, 0.4) is 0 Å². The molecule has 0 amide bonds. The number of aromatic nitrogens is 1. The molecule has 2 aromatic carbocycles. The average molecular weight is 370 g/mol. The Morgan fingerprint density at radius 1 is 1.19 bits per heavy atom. The summed E-state index contributed by atoms with van der Waals surface area (Å²) >= 11 is 0. The summed E-state index contributed by atoms with van der Waals surface area (Å²) in [6.07, 6.45) is 2.91. The Morgan fingerprint density at radius 2 is 2.00 bits per heavy atom. The highest BCUT2D eigenvalue weighted by Gasteiger charge is 2.25. The molecule has 5 nitrogen and oxygen atoms in total. The average Bonchev–Trinajstić information content (AvgIpc) is 3.10. The number of ether oxygens (including phenoxy) is 1. The van der Waals surface area contributed by atoms with Crippen molar-refractivity contribution in [1.29, 1.82) is 0 Å². The molecule has 0 spiro atoms. The molecule has 1 saturated heterocycles. The van der Waals surface area contributed by atoms with E-state index in [0.29, 0.717) is 23.8 Å². The van der Waals surface area contributed by atoms with Crippen LogP contribution >= 0.6 is 0 Å². The third-order valence-corrected chi connectivity index (χ3v) is 5.17. The van der Waals surface area contributed by atoms with Crippen LogP contribution in [0.1, 0.15) is 30.9 Å². The molecule has 3 aromatic rings. The first-order valence-electron chi connectivity index (χ1n) is 9.38. The molecule has 142 valence electrons. The van der Waals surface area contributed by atoms with Gasteiger partial charge in [0.25, 0.3) is 0 Å². The van der Waals surface area contributed by atoms with Crippen molar-refractivity contribution in [3.63, 3.8) is 0 Å². The number of hydrogen-bond acceptors (Lipinski definition) is 5. The third kappa shape index (κ3) is 4.06. The van der Waals surface area contributed by atoms with Gasteiger partial charge in [0.2, 0.25) is 0 Å². The van der Waals surface area contributed by atoms with Crippen LogP contribution in [0, 0.1) is 5.82 Å². The first-order chi connectivity index (χ1) is 13.2. The molecule has 0 atom stereocenters. The minimum atomic E-state index is -0.289. The molecule has 1 aliphatic heterocycles. The number of phenols is 1. The van der Waals surface area contributed by atoms with Crippen LogP contribution in [-0.4, -0.2) is 41.4 Å². The number of nitrogens with zero attached hydrogens (tertiary/aromatic N) is 2. The van der Waals surface area contributed by atoms with Gasteiger partial charge in [-0.1, -0.05) is 17.3 Å². The van der Waals surface area contributed by atoms with E-state index in [1.54, 1.807) is 24.3 Å². The Balaban J connectivity index is 1.25. The zero-order valence-electron chi connectivity index (χ0n) is 15.1. The largest absolute Gasteiger partial charge is 0.504 e. The van der Waals surface area contributed by atoms with Crippen LogP contribution in [0.15, 0.2) is 47.0 Å². The molecule has 4 rings (SSSR count). The molecule has 0 aliphatic carbocycles. The van der Waals surface area contributed by atoms with Crippen molar-refractivity contribution in [2.24, 2.45) is 0 Å². The van der Waals surface area contributed by atoms with Crippen molar-refractivity contribution >= 4 is 10.9 Å². The van der Waals surface area contributed by atoms with Crippen LogP contribution in [0.25, 0.3) is 10.9 Å². The van der Waals surface area contributed by atoms with Gasteiger partial charge in [-0.05, 0) is 56.6 Å². The lowest BCUT2D eigenvalue weighted by Crippen LogP contribution is -2.34. The summed E-state index contributed by atoms with van der Waals surface area (Å²) in [5.41, 5.74) is 0.591. The molecule has 1 aliphatic rings. The first kappa shape index (κ1) is 17.8. The maximum atomic E-state index is 13.3. The summed E-state index contributed by atoms with van der Waals surface area (Å²) in [4.78, 5) is 2.42. The molecule has 2 heterocycles. The normalized spacial score (nSPS) is 16.0. The van der Waals surface area contributed by atoms with Gasteiger partial charge >= 0.3 is 0 Å². The van der Waals surface area contributed by atoms with Gasteiger partial charge in [0.05, 0.1) is 6.61 Å². The van der Waals surface area contributed by atoms with E-state index in [-0.39, 0.29) is 11.6 Å². The minimum Gasteiger partial charge on any atom is -0.504 e. The summed E-state index contributed by atoms with van der Waals surface area (Å²) < 4.78 is 24.5. The summed E-state index contributed by atoms with van der Waals surface area (Å²) in [7, 11) is 0. The van der Waals surface area contributed by atoms with Crippen LogP contribution < -0.4 is 4.74 Å². The second-order valence-electron chi connectivity index (χ2n) is 6.99. The maximum absolute atomic E-state index is 13.3. The summed E-state index contributed by atoms with van der Waals surface area (Å²) in [5.74, 6) is 1.63. The van der Waals surface area contributed by atoms with Crippen molar-refractivity contribution in [2.75, 3.05) is 26.2 Å². The molecule has 1 aromatic heterocycles. The fraction of sp³-hybridized carbons (Fsp3) is 0.381. The fourth-order valence-corrected chi connectivity index (χ4v) is 3.70. The first-order valence-corrected chi connectivity index (χ1v) is 9.38. The SMILES string of the molecule is Oc1ccccc1OCCCN1CCC(c2onc3cc(F)ccc23)CC1. The Morgan fingerprint density at radius 3 is 2.81 bits per heavy atom. The van der Waals surface area contributed by atoms with Gasteiger partial charge in [-0.25, -0.2) is 4.39 Å². The number of piperidine rings is 1. The predicted octanol–water partition coefficient (Wildman–Crippen LogP) is 4.32. The van der Waals surface area contributed by atoms with Crippen molar-refractivity contribution in [2.45, 2.75) is 25.2 Å². The second-order valence-corrected chi connectivity index (χ2v) is 6.99. The molecule has 27 heavy (non-hydrogen) atoms. The standard InChI is InChI=1S/C21H23FN2O3/c22-16-6-7-17-18(14-16)23-27-21(17)15-8-11-24(12-9-15)10-3-13-26-20-5-2-1-4-19(20)25/h1-2,4-7,14-15,25H,3,8-13H2. The Kier molecular flexibility index (Phi) is 5.25. The van der Waals surface area contributed by atoms with Gasteiger partial charge in [-0.2, -0.15) is 0 Å². The highest BCUT2D eigenvalue weighted by atomic mass is 19.1. The van der Waals surface area contributed by atoms with Gasteiger partial charge in [0.1, 0.15) is 17.1 Å². The highest BCUT2D eigenvalue weighted by molar-refractivity contribution is 5.80. The lowest BCUT2D eigenvalue weighted by molar-refractivity contribution is 0.182. The summed E-state index contributed by atoms with van der Waals surface area (Å²) in [6, 6.07) is 11.7. The number of hydrogen-bond donors (Lipinski definition) is 1. The number of likely N-dealkylation sites (tertiary alicyclic amines) is 1. The molecule has 0 radical (unpaired) electrons. The Hall–Kier alpha value is -2.60. The van der Waals surface area contributed by atoms with Gasteiger partial charge in [-0.15, -0.1) is 0 Å². The third-order valence-electron chi connectivity index (χ3n) is 5.17. The van der Waals surface area contributed by atoms with Crippen LogP contribution in [0.5, 0.6) is 11.5 Å². The number of phenolic OH excluding ortho intramolecular Hbond substituents is 1. The number of aromatic hydroxyl groups is 1. The topological polar surface area (TPSA) is 58.7 Å². The predicted molar refractivity (Wildman–Crippen MR) is 101 cm³/mol. The second kappa shape index (κ2) is 7.96. The molecule has 0 unspecified atom stereocenters. The van der Waals surface area contributed by atoms with E-state index in [2.05, 4.69) is 10.1 Å². The quantitative estimate of drug-likeness (QED) is 0.655. The fourth-order valence-electron chi connectivity index (χ4n) is 3.70. The van der Waals surface area contributed by atoms with E-state index in [1.165, 1.54) is 12.1 Å². The van der Waals surface area contributed by atoms with E-state index in [1.807, 2.05) is 6.07 Å². The van der Waals surface area contributed by atoms with Crippen molar-refractivity contribution in [1.82, 2.24) is 10.1 Å². The molecule has 1 fully saturated rings. The van der Waals surface area contributed by atoms with Crippen molar-refractivity contribution in [3.8, 4) is 11.5 Å². The molecule has 0 bridgehead atoms. The molecule has 1 N–H and O–H groups in total. The zero-order chi connectivity index (χ0) is 18.6. The maximum Gasteiger partial charge on any atom is 0.160 e. The number of rotatable bonds is 6. The summed E-state index contributed by atoms with van der Waals surface area (Å²) in [6.45, 7) is 3.52. The van der Waals surface area contributed by atoms with Crippen LogP contribution in [0.2, 0.25) is 0 Å². The Labute approximate surface area is 157 Å². The molecule has 0 saturated carbocycles. The lowest BCUT2D eigenvalue weighted by atomic mass is 9.92. The van der Waals surface area contributed by atoms with Crippen LogP contribution in [0.4, 0.5) is 4.39 Å². The van der Waals surface area contributed by atoms with E-state index in [0.717, 1.165) is 50.0 Å². The van der Waals surface area contributed by atoms with E-state index < -0.39 is 0 Å². The monoisotopic (exact) mass is 370 g/mol. The minimum absolute atomic E-state index is 0.178. The number of para-hydroxylation sites is 2. The number of halogens is 1. The summed E-state index contributed by atoms with van der Waals surface area (Å²) in [5, 5.41) is 14.6. The van der Waals surface area contributed by atoms with Gasteiger partial charge in [0.15, 0.2) is 11.5 Å². The van der Waals surface area contributed by atoms with Crippen molar-refractivity contribution < 1.29 is 18.8 Å². The van der Waals surface area contributed by atoms with E-state index in [4.69, 9.17) is 9.26 Å². The van der Waals surface area contributed by atoms with Gasteiger partial charge in [0, 0.05) is 23.9 Å². The number of fused-ring (bicyclic) bond motifs is 1. The van der Waals surface area contributed by atoms with E-state index >= 15 is 0 Å².